The monoisotopic (exact) mass is 332 g/mol. The van der Waals surface area contributed by atoms with E-state index in [0.29, 0.717) is 18.1 Å². The third kappa shape index (κ3) is 4.32. The molecule has 0 saturated carbocycles. The molecule has 0 aliphatic carbocycles. The SMILES string of the molecule is Cc1cc(NC(=O)CN2CCCN(c3ccc(F)cc3)CC2)no1. The molecule has 0 radical (unpaired) electrons. The lowest BCUT2D eigenvalue weighted by molar-refractivity contribution is -0.117. The van der Waals surface area contributed by atoms with Crippen molar-refractivity contribution >= 4 is 17.4 Å². The van der Waals surface area contributed by atoms with Gasteiger partial charge in [0.25, 0.3) is 0 Å². The zero-order chi connectivity index (χ0) is 16.9. The summed E-state index contributed by atoms with van der Waals surface area (Å²) in [6, 6.07) is 8.24. The molecule has 2 heterocycles. The van der Waals surface area contributed by atoms with Gasteiger partial charge in [-0.3, -0.25) is 9.69 Å². The average Bonchev–Trinajstić information content (AvgIpc) is 2.82. The van der Waals surface area contributed by atoms with E-state index in [9.17, 15) is 9.18 Å². The molecule has 24 heavy (non-hydrogen) atoms. The molecule has 6 nitrogen and oxygen atoms in total. The van der Waals surface area contributed by atoms with Gasteiger partial charge < -0.3 is 14.7 Å². The van der Waals surface area contributed by atoms with E-state index in [2.05, 4.69) is 20.3 Å². The molecule has 1 aromatic heterocycles. The van der Waals surface area contributed by atoms with Gasteiger partial charge in [-0.15, -0.1) is 0 Å². The molecule has 1 fully saturated rings. The molecular formula is C17H21FN4O2. The summed E-state index contributed by atoms with van der Waals surface area (Å²) in [6.45, 7) is 5.43. The van der Waals surface area contributed by atoms with E-state index in [-0.39, 0.29) is 11.7 Å². The average molecular weight is 332 g/mol. The summed E-state index contributed by atoms with van der Waals surface area (Å²) in [5.41, 5.74) is 1.01. The van der Waals surface area contributed by atoms with Crippen molar-refractivity contribution in [1.29, 1.82) is 0 Å². The Morgan fingerprint density at radius 2 is 2.04 bits per heavy atom. The fourth-order valence-electron chi connectivity index (χ4n) is 2.85. The molecule has 0 spiro atoms. The zero-order valence-corrected chi connectivity index (χ0v) is 13.7. The predicted molar refractivity (Wildman–Crippen MR) is 89.5 cm³/mol. The topological polar surface area (TPSA) is 61.6 Å². The Morgan fingerprint density at radius 1 is 1.25 bits per heavy atom. The van der Waals surface area contributed by atoms with Gasteiger partial charge in [-0.05, 0) is 37.6 Å². The minimum Gasteiger partial charge on any atom is -0.370 e. The van der Waals surface area contributed by atoms with Crippen LogP contribution in [0.1, 0.15) is 12.2 Å². The van der Waals surface area contributed by atoms with Crippen LogP contribution < -0.4 is 10.2 Å². The Morgan fingerprint density at radius 3 is 2.75 bits per heavy atom. The maximum atomic E-state index is 13.0. The van der Waals surface area contributed by atoms with E-state index in [1.165, 1.54) is 12.1 Å². The second-order valence-corrected chi connectivity index (χ2v) is 5.96. The molecule has 1 aliphatic heterocycles. The quantitative estimate of drug-likeness (QED) is 0.931. The number of benzene rings is 1. The lowest BCUT2D eigenvalue weighted by Gasteiger charge is -2.23. The van der Waals surface area contributed by atoms with E-state index in [1.54, 1.807) is 25.1 Å². The van der Waals surface area contributed by atoms with Crippen molar-refractivity contribution in [2.24, 2.45) is 0 Å². The molecule has 1 amide bonds. The first-order valence-electron chi connectivity index (χ1n) is 8.06. The smallest absolute Gasteiger partial charge is 0.239 e. The molecule has 7 heteroatoms. The summed E-state index contributed by atoms with van der Waals surface area (Å²) in [5, 5.41) is 6.50. The second kappa shape index (κ2) is 7.44. The van der Waals surface area contributed by atoms with Crippen LogP contribution in [0.5, 0.6) is 0 Å². The molecule has 1 aromatic carbocycles. The van der Waals surface area contributed by atoms with Crippen molar-refractivity contribution in [3.05, 3.63) is 41.9 Å². The summed E-state index contributed by atoms with van der Waals surface area (Å²) in [5.74, 6) is 0.781. The van der Waals surface area contributed by atoms with Crippen LogP contribution in [0, 0.1) is 12.7 Å². The Labute approximate surface area is 140 Å². The highest BCUT2D eigenvalue weighted by Crippen LogP contribution is 2.17. The van der Waals surface area contributed by atoms with Crippen LogP contribution in [0.4, 0.5) is 15.9 Å². The molecule has 128 valence electrons. The normalized spacial score (nSPS) is 16.0. The summed E-state index contributed by atoms with van der Waals surface area (Å²) >= 11 is 0. The highest BCUT2D eigenvalue weighted by Gasteiger charge is 2.18. The maximum absolute atomic E-state index is 13.0. The molecule has 1 saturated heterocycles. The minimum atomic E-state index is -0.227. The molecule has 3 rings (SSSR count). The number of aryl methyl sites for hydroxylation is 1. The highest BCUT2D eigenvalue weighted by atomic mass is 19.1. The van der Waals surface area contributed by atoms with E-state index in [1.807, 2.05) is 0 Å². The minimum absolute atomic E-state index is 0.0986. The number of anilines is 2. The summed E-state index contributed by atoms with van der Waals surface area (Å²) in [6.07, 6.45) is 0.952. The number of nitrogens with zero attached hydrogens (tertiary/aromatic N) is 3. The fourth-order valence-corrected chi connectivity index (χ4v) is 2.85. The number of rotatable bonds is 4. The zero-order valence-electron chi connectivity index (χ0n) is 13.7. The molecule has 0 unspecified atom stereocenters. The van der Waals surface area contributed by atoms with Crippen LogP contribution in [0.3, 0.4) is 0 Å². The Hall–Kier alpha value is -2.41. The van der Waals surface area contributed by atoms with E-state index >= 15 is 0 Å². The highest BCUT2D eigenvalue weighted by molar-refractivity contribution is 5.91. The molecule has 0 bridgehead atoms. The fraction of sp³-hybridized carbons (Fsp3) is 0.412. The molecule has 1 aliphatic rings. The van der Waals surface area contributed by atoms with Crippen molar-refractivity contribution < 1.29 is 13.7 Å². The van der Waals surface area contributed by atoms with Crippen LogP contribution in [0.2, 0.25) is 0 Å². The van der Waals surface area contributed by atoms with Crippen LogP contribution in [0.15, 0.2) is 34.9 Å². The van der Waals surface area contributed by atoms with Crippen molar-refractivity contribution in [2.75, 3.05) is 42.9 Å². The van der Waals surface area contributed by atoms with Crippen LogP contribution in [-0.4, -0.2) is 48.7 Å². The first-order chi connectivity index (χ1) is 11.6. The maximum Gasteiger partial charge on any atom is 0.239 e. The van der Waals surface area contributed by atoms with Gasteiger partial charge in [0.2, 0.25) is 5.91 Å². The third-order valence-corrected chi connectivity index (χ3v) is 4.04. The summed E-state index contributed by atoms with van der Waals surface area (Å²) in [4.78, 5) is 16.4. The standard InChI is InChI=1S/C17H21FN4O2/c1-13-11-16(20-24-13)19-17(23)12-21-7-2-8-22(10-9-21)15-5-3-14(18)4-6-15/h3-6,11H,2,7-10,12H2,1H3,(H,19,20,23). The van der Waals surface area contributed by atoms with Gasteiger partial charge in [-0.2, -0.15) is 0 Å². The van der Waals surface area contributed by atoms with Gasteiger partial charge in [0.05, 0.1) is 6.54 Å². The second-order valence-electron chi connectivity index (χ2n) is 5.96. The number of amides is 1. The van der Waals surface area contributed by atoms with Gasteiger partial charge in [-0.25, -0.2) is 4.39 Å². The number of carbonyl (C=O) groups is 1. The van der Waals surface area contributed by atoms with Crippen LogP contribution in [0.25, 0.3) is 0 Å². The number of hydrogen-bond acceptors (Lipinski definition) is 5. The third-order valence-electron chi connectivity index (χ3n) is 4.04. The van der Waals surface area contributed by atoms with E-state index in [0.717, 1.165) is 38.3 Å². The number of nitrogens with one attached hydrogen (secondary N) is 1. The molecule has 1 N–H and O–H groups in total. The number of carbonyl (C=O) groups excluding carboxylic acids is 1. The number of hydrogen-bond donors (Lipinski definition) is 1. The number of halogens is 1. The number of aromatic nitrogens is 1. The lowest BCUT2D eigenvalue weighted by atomic mass is 10.2. The van der Waals surface area contributed by atoms with Crippen molar-refractivity contribution in [1.82, 2.24) is 10.1 Å². The van der Waals surface area contributed by atoms with Gasteiger partial charge >= 0.3 is 0 Å². The Balaban J connectivity index is 1.51. The first-order valence-corrected chi connectivity index (χ1v) is 8.06. The van der Waals surface area contributed by atoms with Crippen molar-refractivity contribution in [2.45, 2.75) is 13.3 Å². The predicted octanol–water partition coefficient (Wildman–Crippen LogP) is 2.27. The van der Waals surface area contributed by atoms with E-state index < -0.39 is 0 Å². The van der Waals surface area contributed by atoms with Crippen molar-refractivity contribution in [3.63, 3.8) is 0 Å². The summed E-state index contributed by atoms with van der Waals surface area (Å²) < 4.78 is 18.0. The lowest BCUT2D eigenvalue weighted by Crippen LogP contribution is -2.36. The molecule has 0 atom stereocenters. The van der Waals surface area contributed by atoms with Crippen LogP contribution in [-0.2, 0) is 4.79 Å². The molecule has 2 aromatic rings. The van der Waals surface area contributed by atoms with E-state index in [4.69, 9.17) is 4.52 Å². The Kier molecular flexibility index (Phi) is 5.10. The van der Waals surface area contributed by atoms with Crippen LogP contribution >= 0.6 is 0 Å². The largest absolute Gasteiger partial charge is 0.370 e. The van der Waals surface area contributed by atoms with Gasteiger partial charge in [0, 0.05) is 37.9 Å². The van der Waals surface area contributed by atoms with Gasteiger partial charge in [0.1, 0.15) is 11.6 Å². The first kappa shape index (κ1) is 16.4. The summed E-state index contributed by atoms with van der Waals surface area (Å²) in [7, 11) is 0. The van der Waals surface area contributed by atoms with Gasteiger partial charge in [-0.1, -0.05) is 5.16 Å². The molecular weight excluding hydrogens is 311 g/mol. The Bertz CT molecular complexity index is 686. The van der Waals surface area contributed by atoms with Gasteiger partial charge in [0.15, 0.2) is 5.82 Å². The van der Waals surface area contributed by atoms with Crippen molar-refractivity contribution in [3.8, 4) is 0 Å².